The first-order valence-corrected chi connectivity index (χ1v) is 4.76. The van der Waals surface area contributed by atoms with Gasteiger partial charge in [0.1, 0.15) is 0 Å². The van der Waals surface area contributed by atoms with Crippen LogP contribution in [0.5, 0.6) is 0 Å². The van der Waals surface area contributed by atoms with Gasteiger partial charge < -0.3 is 4.74 Å². The average molecular weight is 230 g/mol. The maximum absolute atomic E-state index is 12.5. The van der Waals surface area contributed by atoms with Crippen LogP contribution in [0, 0.1) is 5.13 Å². The molecule has 0 radical (unpaired) electrons. The second-order valence-corrected chi connectivity index (χ2v) is 3.65. The minimum Gasteiger partial charge on any atom is -0.463 e. The number of carbonyl (C=O) groups is 3. The zero-order valence-electron chi connectivity index (χ0n) is 7.78. The van der Waals surface area contributed by atoms with Gasteiger partial charge in [-0.15, -0.1) is 11.3 Å². The third kappa shape index (κ3) is 2.95. The second kappa shape index (κ2) is 4.79. The van der Waals surface area contributed by atoms with Gasteiger partial charge in [-0.25, -0.2) is 4.79 Å². The van der Waals surface area contributed by atoms with E-state index < -0.39 is 29.1 Å². The van der Waals surface area contributed by atoms with E-state index in [-0.39, 0.29) is 4.88 Å². The van der Waals surface area contributed by atoms with Crippen LogP contribution < -0.4 is 0 Å². The summed E-state index contributed by atoms with van der Waals surface area (Å²) < 4.78 is 16.7. The van der Waals surface area contributed by atoms with E-state index in [1.54, 1.807) is 0 Å². The number of thiophene rings is 1. The molecule has 0 amide bonds. The van der Waals surface area contributed by atoms with Crippen molar-refractivity contribution in [2.75, 3.05) is 7.11 Å². The molecule has 0 saturated heterocycles. The maximum Gasteiger partial charge on any atom is 0.374 e. The third-order valence-electron chi connectivity index (χ3n) is 1.58. The van der Waals surface area contributed by atoms with E-state index in [1.165, 1.54) is 6.07 Å². The number of methoxy groups -OCH3 is 1. The Balaban J connectivity index is 2.64. The normalized spacial score (nSPS) is 9.73. The van der Waals surface area contributed by atoms with Crippen LogP contribution in [-0.2, 0) is 14.3 Å². The highest BCUT2D eigenvalue weighted by Crippen LogP contribution is 2.16. The standard InChI is InChI=1S/C9H7FO4S/c1-14-9(13)6(12)4-5(11)7-2-3-8(10)15-7/h2-3H,4H2,1H3. The minimum atomic E-state index is -1.07. The molecule has 0 aliphatic rings. The van der Waals surface area contributed by atoms with Crippen molar-refractivity contribution in [1.82, 2.24) is 0 Å². The Hall–Kier alpha value is -1.56. The molecular weight excluding hydrogens is 223 g/mol. The van der Waals surface area contributed by atoms with Gasteiger partial charge in [-0.2, -0.15) is 4.39 Å². The Morgan fingerprint density at radius 3 is 2.53 bits per heavy atom. The van der Waals surface area contributed by atoms with E-state index in [2.05, 4.69) is 4.74 Å². The van der Waals surface area contributed by atoms with Gasteiger partial charge in [0, 0.05) is 0 Å². The lowest BCUT2D eigenvalue weighted by Crippen LogP contribution is -2.18. The summed E-state index contributed by atoms with van der Waals surface area (Å²) in [5, 5.41) is -0.510. The first-order chi connectivity index (χ1) is 7.04. The van der Waals surface area contributed by atoms with Crippen LogP contribution in [0.2, 0.25) is 0 Å². The van der Waals surface area contributed by atoms with Crippen LogP contribution in [0.4, 0.5) is 4.39 Å². The number of Topliss-reactive ketones (excluding diaryl/α,β-unsaturated/α-hetero) is 2. The van der Waals surface area contributed by atoms with E-state index in [0.717, 1.165) is 13.2 Å². The van der Waals surface area contributed by atoms with Gasteiger partial charge in [0.2, 0.25) is 5.78 Å². The molecule has 15 heavy (non-hydrogen) atoms. The fourth-order valence-electron chi connectivity index (χ4n) is 0.883. The Morgan fingerprint density at radius 1 is 1.40 bits per heavy atom. The summed E-state index contributed by atoms with van der Waals surface area (Å²) in [6, 6.07) is 2.40. The van der Waals surface area contributed by atoms with Crippen molar-refractivity contribution >= 4 is 28.9 Å². The van der Waals surface area contributed by atoms with E-state index >= 15 is 0 Å². The molecule has 1 aromatic heterocycles. The van der Waals surface area contributed by atoms with Crippen molar-refractivity contribution in [3.63, 3.8) is 0 Å². The van der Waals surface area contributed by atoms with Crippen molar-refractivity contribution in [2.45, 2.75) is 6.42 Å². The van der Waals surface area contributed by atoms with E-state index in [4.69, 9.17) is 0 Å². The fourth-order valence-corrected chi connectivity index (χ4v) is 1.55. The zero-order valence-corrected chi connectivity index (χ0v) is 8.60. The number of esters is 1. The van der Waals surface area contributed by atoms with Gasteiger partial charge in [0.05, 0.1) is 18.4 Å². The predicted octanol–water partition coefficient (Wildman–Crippen LogP) is 1.20. The molecule has 4 nitrogen and oxygen atoms in total. The molecule has 0 atom stereocenters. The third-order valence-corrected chi connectivity index (χ3v) is 2.50. The molecule has 0 saturated carbocycles. The highest BCUT2D eigenvalue weighted by molar-refractivity contribution is 7.12. The molecule has 0 spiro atoms. The second-order valence-electron chi connectivity index (χ2n) is 2.62. The van der Waals surface area contributed by atoms with Crippen molar-refractivity contribution in [2.24, 2.45) is 0 Å². The molecular formula is C9H7FO4S. The number of rotatable bonds is 4. The minimum absolute atomic E-state index is 0.116. The number of ether oxygens (including phenoxy) is 1. The monoisotopic (exact) mass is 230 g/mol. The number of carbonyl (C=O) groups excluding carboxylic acids is 3. The Bertz CT molecular complexity index is 410. The molecule has 0 aromatic carbocycles. The van der Waals surface area contributed by atoms with Gasteiger partial charge in [0.25, 0.3) is 0 Å². The maximum atomic E-state index is 12.5. The van der Waals surface area contributed by atoms with Crippen LogP contribution in [0.3, 0.4) is 0 Å². The quantitative estimate of drug-likeness (QED) is 0.337. The van der Waals surface area contributed by atoms with Crippen LogP contribution in [-0.4, -0.2) is 24.6 Å². The largest absolute Gasteiger partial charge is 0.463 e. The first kappa shape index (κ1) is 11.5. The molecule has 0 aliphatic heterocycles. The summed E-state index contributed by atoms with van der Waals surface area (Å²) in [6.07, 6.45) is -0.591. The molecule has 0 bridgehead atoms. The van der Waals surface area contributed by atoms with E-state index in [9.17, 15) is 18.8 Å². The number of hydrogen-bond donors (Lipinski definition) is 0. The van der Waals surface area contributed by atoms with Crippen molar-refractivity contribution in [1.29, 1.82) is 0 Å². The summed E-state index contributed by atoms with van der Waals surface area (Å²) in [5.74, 6) is -2.59. The van der Waals surface area contributed by atoms with Crippen molar-refractivity contribution in [3.8, 4) is 0 Å². The molecule has 1 heterocycles. The summed E-state index contributed by atoms with van der Waals surface area (Å²) in [4.78, 5) is 33.1. The van der Waals surface area contributed by atoms with Crippen LogP contribution in [0.15, 0.2) is 12.1 Å². The van der Waals surface area contributed by atoms with Crippen LogP contribution in [0.25, 0.3) is 0 Å². The highest BCUT2D eigenvalue weighted by atomic mass is 32.1. The lowest BCUT2D eigenvalue weighted by molar-refractivity contribution is -0.151. The summed E-state index contributed by atoms with van der Waals surface area (Å²) in [7, 11) is 1.05. The highest BCUT2D eigenvalue weighted by Gasteiger charge is 2.20. The smallest absolute Gasteiger partial charge is 0.374 e. The summed E-state index contributed by atoms with van der Waals surface area (Å²) >= 11 is 0.637. The first-order valence-electron chi connectivity index (χ1n) is 3.94. The molecule has 1 rings (SSSR count). The molecule has 6 heteroatoms. The van der Waals surface area contributed by atoms with Crippen LogP contribution in [0.1, 0.15) is 16.1 Å². The molecule has 0 fully saturated rings. The van der Waals surface area contributed by atoms with E-state index in [0.29, 0.717) is 11.3 Å². The Morgan fingerprint density at radius 2 is 2.07 bits per heavy atom. The van der Waals surface area contributed by atoms with Crippen LogP contribution >= 0.6 is 11.3 Å². The lowest BCUT2D eigenvalue weighted by Gasteiger charge is -1.96. The summed E-state index contributed by atoms with van der Waals surface area (Å²) in [5.41, 5.74) is 0. The number of hydrogen-bond acceptors (Lipinski definition) is 5. The molecule has 0 unspecified atom stereocenters. The Labute approximate surface area is 88.7 Å². The summed E-state index contributed by atoms with van der Waals surface area (Å²) in [6.45, 7) is 0. The molecule has 1 aromatic rings. The van der Waals surface area contributed by atoms with Gasteiger partial charge >= 0.3 is 5.97 Å². The van der Waals surface area contributed by atoms with Gasteiger partial charge in [0.15, 0.2) is 10.9 Å². The predicted molar refractivity (Wildman–Crippen MR) is 50.2 cm³/mol. The Kier molecular flexibility index (Phi) is 3.68. The average Bonchev–Trinajstić information content (AvgIpc) is 2.63. The zero-order chi connectivity index (χ0) is 11.4. The molecule has 0 N–H and O–H groups in total. The number of ketones is 2. The van der Waals surface area contributed by atoms with Gasteiger partial charge in [-0.05, 0) is 12.1 Å². The van der Waals surface area contributed by atoms with Crippen molar-refractivity contribution < 1.29 is 23.5 Å². The van der Waals surface area contributed by atoms with Gasteiger partial charge in [-0.1, -0.05) is 0 Å². The SMILES string of the molecule is COC(=O)C(=O)CC(=O)c1ccc(F)s1. The lowest BCUT2D eigenvalue weighted by atomic mass is 10.2. The van der Waals surface area contributed by atoms with Crippen molar-refractivity contribution in [3.05, 3.63) is 22.1 Å². The van der Waals surface area contributed by atoms with Gasteiger partial charge in [-0.3, -0.25) is 9.59 Å². The number of halogens is 1. The topological polar surface area (TPSA) is 60.4 Å². The fraction of sp³-hybridized carbons (Fsp3) is 0.222. The van der Waals surface area contributed by atoms with E-state index in [1.807, 2.05) is 0 Å². The molecule has 0 aliphatic carbocycles. The molecule has 80 valence electrons.